The molecule has 3 aromatic rings. The third-order valence-corrected chi connectivity index (χ3v) is 5.14. The van der Waals surface area contributed by atoms with E-state index in [1.54, 1.807) is 0 Å². The lowest BCUT2D eigenvalue weighted by molar-refractivity contribution is 0.0736. The Morgan fingerprint density at radius 2 is 2.04 bits per heavy atom. The molecule has 122 valence electrons. The third kappa shape index (κ3) is 2.57. The van der Waals surface area contributed by atoms with Crippen LogP contribution in [0.1, 0.15) is 34.8 Å². The molecule has 1 saturated heterocycles. The van der Waals surface area contributed by atoms with Gasteiger partial charge in [-0.15, -0.1) is 0 Å². The van der Waals surface area contributed by atoms with Crippen LogP contribution in [0.4, 0.5) is 5.82 Å². The predicted molar refractivity (Wildman–Crippen MR) is 97.7 cm³/mol. The van der Waals surface area contributed by atoms with Crippen LogP contribution in [0.15, 0.2) is 46.9 Å². The number of carbonyl (C=O) groups excluding carboxylic acids is 1. The number of benzene rings is 2. The van der Waals surface area contributed by atoms with E-state index in [-0.39, 0.29) is 11.9 Å². The van der Waals surface area contributed by atoms with Crippen molar-refractivity contribution in [1.29, 1.82) is 0 Å². The van der Waals surface area contributed by atoms with Crippen LogP contribution in [0.5, 0.6) is 0 Å². The number of carbonyl (C=O) groups is 1. The number of aromatic amines is 1. The zero-order valence-corrected chi connectivity index (χ0v) is 14.6. The van der Waals surface area contributed by atoms with E-state index in [0.29, 0.717) is 11.4 Å². The first-order valence-electron chi connectivity index (χ1n) is 7.93. The van der Waals surface area contributed by atoms with Gasteiger partial charge in [0.2, 0.25) is 0 Å². The number of hydrogen-bond donors (Lipinski definition) is 2. The third-order valence-electron chi connectivity index (χ3n) is 4.61. The smallest absolute Gasteiger partial charge is 0.254 e. The predicted octanol–water partition coefficient (Wildman–Crippen LogP) is 3.88. The Morgan fingerprint density at radius 1 is 1.25 bits per heavy atom. The maximum atomic E-state index is 13.0. The minimum atomic E-state index is 0.0444. The average molecular weight is 385 g/mol. The van der Waals surface area contributed by atoms with Crippen LogP contribution in [0, 0.1) is 0 Å². The number of fused-ring (bicyclic) bond motifs is 1. The molecule has 24 heavy (non-hydrogen) atoms. The zero-order chi connectivity index (χ0) is 16.7. The maximum Gasteiger partial charge on any atom is 0.254 e. The highest BCUT2D eigenvalue weighted by atomic mass is 79.9. The van der Waals surface area contributed by atoms with E-state index >= 15 is 0 Å². The fourth-order valence-corrected chi connectivity index (χ4v) is 3.64. The Kier molecular flexibility index (Phi) is 3.76. The Hall–Kier alpha value is -2.34. The molecule has 5 nitrogen and oxygen atoms in total. The molecule has 1 aliphatic rings. The number of nitrogens with zero attached hydrogens (tertiary/aromatic N) is 2. The number of nitrogens with one attached hydrogen (secondary N) is 1. The Bertz CT molecular complexity index is 903. The fourth-order valence-electron chi connectivity index (χ4n) is 3.37. The summed E-state index contributed by atoms with van der Waals surface area (Å²) in [6.45, 7) is 0.776. The number of nitrogen functional groups attached to an aromatic ring is 1. The van der Waals surface area contributed by atoms with Crippen molar-refractivity contribution >= 4 is 38.6 Å². The summed E-state index contributed by atoms with van der Waals surface area (Å²) in [7, 11) is 0. The van der Waals surface area contributed by atoms with Crippen LogP contribution in [-0.4, -0.2) is 27.5 Å². The number of aromatic nitrogens is 2. The van der Waals surface area contributed by atoms with Gasteiger partial charge in [0.15, 0.2) is 5.82 Å². The highest BCUT2D eigenvalue weighted by Gasteiger charge is 2.30. The van der Waals surface area contributed by atoms with E-state index in [9.17, 15) is 4.79 Å². The molecule has 1 aromatic heterocycles. The molecule has 0 spiro atoms. The minimum Gasteiger partial charge on any atom is -0.382 e. The average Bonchev–Trinajstić information content (AvgIpc) is 3.22. The Morgan fingerprint density at radius 3 is 2.83 bits per heavy atom. The number of nitrogens with two attached hydrogens (primary N) is 1. The van der Waals surface area contributed by atoms with Gasteiger partial charge in [-0.3, -0.25) is 9.89 Å². The van der Waals surface area contributed by atoms with Gasteiger partial charge in [0.1, 0.15) is 0 Å². The monoisotopic (exact) mass is 384 g/mol. The molecule has 1 fully saturated rings. The molecule has 1 atom stereocenters. The molecule has 2 aromatic carbocycles. The first-order valence-corrected chi connectivity index (χ1v) is 8.73. The molecule has 1 aliphatic heterocycles. The minimum absolute atomic E-state index is 0.0444. The van der Waals surface area contributed by atoms with Crippen LogP contribution >= 0.6 is 15.9 Å². The van der Waals surface area contributed by atoms with Crippen molar-refractivity contribution in [3.63, 3.8) is 0 Å². The normalized spacial score (nSPS) is 17.5. The van der Waals surface area contributed by atoms with Crippen LogP contribution in [0.25, 0.3) is 10.9 Å². The summed E-state index contributed by atoms with van der Waals surface area (Å²) in [4.78, 5) is 15.0. The SMILES string of the molecule is Nc1n[nH]c2ccc(C(=O)N3CCCC3c3ccc(Br)cc3)cc12. The summed E-state index contributed by atoms with van der Waals surface area (Å²) in [5.74, 6) is 0.466. The maximum absolute atomic E-state index is 13.0. The quantitative estimate of drug-likeness (QED) is 0.703. The largest absolute Gasteiger partial charge is 0.382 e. The zero-order valence-electron chi connectivity index (χ0n) is 13.0. The molecule has 3 N–H and O–H groups in total. The highest BCUT2D eigenvalue weighted by Crippen LogP contribution is 2.34. The van der Waals surface area contributed by atoms with Crippen molar-refractivity contribution < 1.29 is 4.79 Å². The second-order valence-electron chi connectivity index (χ2n) is 6.08. The molecule has 1 unspecified atom stereocenters. The molecule has 6 heteroatoms. The number of halogens is 1. The number of amides is 1. The lowest BCUT2D eigenvalue weighted by Gasteiger charge is -2.25. The van der Waals surface area contributed by atoms with Crippen LogP contribution < -0.4 is 5.73 Å². The van der Waals surface area contributed by atoms with Gasteiger partial charge in [-0.1, -0.05) is 28.1 Å². The Balaban J connectivity index is 1.66. The lowest BCUT2D eigenvalue weighted by Crippen LogP contribution is -2.30. The molecule has 0 radical (unpaired) electrons. The molecule has 1 amide bonds. The molecule has 2 heterocycles. The molecule has 4 rings (SSSR count). The molecule has 0 bridgehead atoms. The first kappa shape index (κ1) is 15.2. The van der Waals surface area contributed by atoms with Gasteiger partial charge in [-0.25, -0.2) is 0 Å². The van der Waals surface area contributed by atoms with E-state index in [1.807, 2.05) is 35.2 Å². The van der Waals surface area contributed by atoms with Crippen molar-refractivity contribution in [2.45, 2.75) is 18.9 Å². The molecular weight excluding hydrogens is 368 g/mol. The van der Waals surface area contributed by atoms with Crippen LogP contribution in [0.2, 0.25) is 0 Å². The number of likely N-dealkylation sites (tertiary alicyclic amines) is 1. The topological polar surface area (TPSA) is 75.0 Å². The van der Waals surface area contributed by atoms with E-state index in [4.69, 9.17) is 5.73 Å². The van der Waals surface area contributed by atoms with Crippen molar-refractivity contribution in [3.05, 3.63) is 58.1 Å². The number of H-pyrrole nitrogens is 1. The molecule has 0 aliphatic carbocycles. The number of rotatable bonds is 2. The second-order valence-corrected chi connectivity index (χ2v) is 6.99. The standard InChI is InChI=1S/C18H17BrN4O/c19-13-6-3-11(4-7-13)16-2-1-9-23(16)18(24)12-5-8-15-14(10-12)17(20)22-21-15/h3-8,10,16H,1-2,9H2,(H3,20,21,22). The highest BCUT2D eigenvalue weighted by molar-refractivity contribution is 9.10. The van der Waals surface area contributed by atoms with Crippen molar-refractivity contribution in [3.8, 4) is 0 Å². The van der Waals surface area contributed by atoms with Crippen LogP contribution in [-0.2, 0) is 0 Å². The summed E-state index contributed by atoms with van der Waals surface area (Å²) in [6, 6.07) is 13.9. The van der Waals surface area contributed by atoms with Crippen LogP contribution in [0.3, 0.4) is 0 Å². The van der Waals surface area contributed by atoms with E-state index in [2.05, 4.69) is 38.3 Å². The van der Waals surface area contributed by atoms with Crippen molar-refractivity contribution in [2.75, 3.05) is 12.3 Å². The first-order chi connectivity index (χ1) is 11.6. The molecular formula is C18H17BrN4O. The summed E-state index contributed by atoms with van der Waals surface area (Å²) in [5, 5.41) is 7.64. The van der Waals surface area contributed by atoms with Gasteiger partial charge in [-0.2, -0.15) is 5.10 Å². The van der Waals surface area contributed by atoms with Gasteiger partial charge in [-0.05, 0) is 48.7 Å². The molecule has 0 saturated carbocycles. The fraction of sp³-hybridized carbons (Fsp3) is 0.222. The summed E-state index contributed by atoms with van der Waals surface area (Å²) in [5.41, 5.74) is 8.53. The number of hydrogen-bond acceptors (Lipinski definition) is 3. The summed E-state index contributed by atoms with van der Waals surface area (Å²) in [6.07, 6.45) is 2.01. The van der Waals surface area contributed by atoms with Gasteiger partial charge in [0, 0.05) is 22.0 Å². The van der Waals surface area contributed by atoms with E-state index < -0.39 is 0 Å². The van der Waals surface area contributed by atoms with Gasteiger partial charge >= 0.3 is 0 Å². The summed E-state index contributed by atoms with van der Waals surface area (Å²) < 4.78 is 1.04. The summed E-state index contributed by atoms with van der Waals surface area (Å²) >= 11 is 3.46. The Labute approximate surface area is 148 Å². The van der Waals surface area contributed by atoms with Crippen molar-refractivity contribution in [2.24, 2.45) is 0 Å². The van der Waals surface area contributed by atoms with E-state index in [0.717, 1.165) is 34.8 Å². The van der Waals surface area contributed by atoms with Gasteiger partial charge in [0.25, 0.3) is 5.91 Å². The second kappa shape index (κ2) is 5.94. The van der Waals surface area contributed by atoms with E-state index in [1.165, 1.54) is 5.56 Å². The van der Waals surface area contributed by atoms with Crippen molar-refractivity contribution in [1.82, 2.24) is 15.1 Å². The van der Waals surface area contributed by atoms with Gasteiger partial charge in [0.05, 0.1) is 11.6 Å². The van der Waals surface area contributed by atoms with Gasteiger partial charge < -0.3 is 10.6 Å². The number of anilines is 1. The lowest BCUT2D eigenvalue weighted by atomic mass is 10.0.